The number of phenols is 1. The zero-order valence-corrected chi connectivity index (χ0v) is 13.2. The van der Waals surface area contributed by atoms with Crippen molar-refractivity contribution < 1.29 is 15.0 Å². The number of rotatable bonds is 3. The molecular weight excluding hydrogens is 339 g/mol. The van der Waals surface area contributed by atoms with Gasteiger partial charge in [-0.15, -0.1) is 12.4 Å². The highest BCUT2D eigenvalue weighted by Gasteiger charge is 2.15. The number of hydrogen-bond donors (Lipinski definition) is 3. The second kappa shape index (κ2) is 6.73. The Bertz CT molecular complexity index is 884. The first-order valence-corrected chi connectivity index (χ1v) is 6.80. The first-order valence-electron chi connectivity index (χ1n) is 6.42. The van der Waals surface area contributed by atoms with Gasteiger partial charge in [0.25, 0.3) is 0 Å². The van der Waals surface area contributed by atoms with E-state index < -0.39 is 5.97 Å². The van der Waals surface area contributed by atoms with Crippen LogP contribution in [0.3, 0.4) is 0 Å². The normalized spacial score (nSPS) is 10.1. The van der Waals surface area contributed by atoms with Gasteiger partial charge in [0.2, 0.25) is 0 Å². The standard InChI is InChI=1S/C16H11ClN2O3.ClH/c17-9-4-5-14-12(6-9)15(13(8-18-14)16(21)22)19-10-2-1-3-11(20)7-10;/h1-8,20H,(H,18,19)(H,21,22);1H. The van der Waals surface area contributed by atoms with Crippen molar-refractivity contribution in [3.8, 4) is 5.75 Å². The minimum absolute atomic E-state index is 0. The van der Waals surface area contributed by atoms with E-state index in [-0.39, 0.29) is 23.7 Å². The van der Waals surface area contributed by atoms with Crippen LogP contribution in [0.25, 0.3) is 10.9 Å². The molecular formula is C16H12Cl2N2O3. The predicted molar refractivity (Wildman–Crippen MR) is 92.3 cm³/mol. The highest BCUT2D eigenvalue weighted by atomic mass is 35.5. The molecule has 0 fully saturated rings. The Labute approximate surface area is 143 Å². The molecule has 3 rings (SSSR count). The number of aromatic carboxylic acids is 1. The number of phenolic OH excluding ortho intramolecular Hbond substituents is 1. The van der Waals surface area contributed by atoms with Crippen LogP contribution >= 0.6 is 24.0 Å². The van der Waals surface area contributed by atoms with Crippen LogP contribution in [0.4, 0.5) is 11.4 Å². The monoisotopic (exact) mass is 350 g/mol. The lowest BCUT2D eigenvalue weighted by molar-refractivity contribution is 0.0697. The van der Waals surface area contributed by atoms with Crippen molar-refractivity contribution in [2.45, 2.75) is 0 Å². The molecule has 0 spiro atoms. The van der Waals surface area contributed by atoms with Gasteiger partial charge in [0.15, 0.2) is 0 Å². The van der Waals surface area contributed by atoms with Crippen LogP contribution < -0.4 is 5.32 Å². The molecule has 0 aliphatic rings. The number of anilines is 2. The Hall–Kier alpha value is -2.50. The fourth-order valence-electron chi connectivity index (χ4n) is 2.19. The number of aromatic hydroxyl groups is 1. The van der Waals surface area contributed by atoms with Crippen molar-refractivity contribution in [1.29, 1.82) is 0 Å². The van der Waals surface area contributed by atoms with Crippen molar-refractivity contribution in [2.24, 2.45) is 0 Å². The summed E-state index contributed by atoms with van der Waals surface area (Å²) >= 11 is 6.01. The SMILES string of the molecule is Cl.O=C(O)c1cnc2ccc(Cl)cc2c1Nc1cccc(O)c1. The maximum absolute atomic E-state index is 11.4. The van der Waals surface area contributed by atoms with Gasteiger partial charge in [0.1, 0.15) is 11.3 Å². The van der Waals surface area contributed by atoms with Gasteiger partial charge in [0, 0.05) is 28.4 Å². The maximum atomic E-state index is 11.4. The van der Waals surface area contributed by atoms with Crippen LogP contribution in [0.1, 0.15) is 10.4 Å². The number of halogens is 2. The summed E-state index contributed by atoms with van der Waals surface area (Å²) in [5.74, 6) is -1.02. The number of carboxylic acids is 1. The zero-order chi connectivity index (χ0) is 15.7. The van der Waals surface area contributed by atoms with E-state index >= 15 is 0 Å². The second-order valence-electron chi connectivity index (χ2n) is 4.69. The molecule has 0 aliphatic carbocycles. The largest absolute Gasteiger partial charge is 0.508 e. The number of nitrogens with one attached hydrogen (secondary N) is 1. The van der Waals surface area contributed by atoms with E-state index in [1.165, 1.54) is 18.3 Å². The molecule has 3 N–H and O–H groups in total. The molecule has 7 heteroatoms. The minimum atomic E-state index is -1.10. The van der Waals surface area contributed by atoms with E-state index in [1.807, 2.05) is 0 Å². The summed E-state index contributed by atoms with van der Waals surface area (Å²) in [7, 11) is 0. The zero-order valence-electron chi connectivity index (χ0n) is 11.7. The lowest BCUT2D eigenvalue weighted by atomic mass is 10.1. The van der Waals surface area contributed by atoms with E-state index in [2.05, 4.69) is 10.3 Å². The number of hydrogen-bond acceptors (Lipinski definition) is 4. The third-order valence-corrected chi connectivity index (χ3v) is 3.41. The lowest BCUT2D eigenvalue weighted by Crippen LogP contribution is -2.04. The highest BCUT2D eigenvalue weighted by molar-refractivity contribution is 6.31. The van der Waals surface area contributed by atoms with Crippen LogP contribution in [-0.4, -0.2) is 21.2 Å². The summed E-state index contributed by atoms with van der Waals surface area (Å²) in [6.45, 7) is 0. The highest BCUT2D eigenvalue weighted by Crippen LogP contribution is 2.31. The summed E-state index contributed by atoms with van der Waals surface area (Å²) in [6.07, 6.45) is 1.30. The predicted octanol–water partition coefficient (Wildman–Crippen LogP) is 4.46. The quantitative estimate of drug-likeness (QED) is 0.649. The van der Waals surface area contributed by atoms with Crippen LogP contribution in [0.2, 0.25) is 5.02 Å². The molecule has 0 unspecified atom stereocenters. The molecule has 1 heterocycles. The molecule has 0 saturated carbocycles. The van der Waals surface area contributed by atoms with Crippen molar-refractivity contribution in [3.05, 3.63) is 59.2 Å². The molecule has 1 aromatic heterocycles. The Morgan fingerprint density at radius 1 is 1.17 bits per heavy atom. The molecule has 23 heavy (non-hydrogen) atoms. The molecule has 3 aromatic rings. The van der Waals surface area contributed by atoms with Crippen LogP contribution in [0.15, 0.2) is 48.7 Å². The number of benzene rings is 2. The number of carbonyl (C=O) groups is 1. The fourth-order valence-corrected chi connectivity index (χ4v) is 2.36. The van der Waals surface area contributed by atoms with Crippen molar-refractivity contribution >= 4 is 52.3 Å². The summed E-state index contributed by atoms with van der Waals surface area (Å²) in [4.78, 5) is 15.6. The topological polar surface area (TPSA) is 82.5 Å². The van der Waals surface area contributed by atoms with Gasteiger partial charge in [-0.25, -0.2) is 4.79 Å². The number of carboxylic acid groups (broad SMARTS) is 1. The molecule has 0 atom stereocenters. The molecule has 2 aromatic carbocycles. The van der Waals surface area contributed by atoms with Crippen LogP contribution in [0, 0.1) is 0 Å². The third kappa shape index (κ3) is 3.47. The summed E-state index contributed by atoms with van der Waals surface area (Å²) in [6, 6.07) is 11.5. The second-order valence-corrected chi connectivity index (χ2v) is 5.13. The maximum Gasteiger partial charge on any atom is 0.339 e. The first kappa shape index (κ1) is 16.9. The van der Waals surface area contributed by atoms with Crippen LogP contribution in [0.5, 0.6) is 5.75 Å². The van der Waals surface area contributed by atoms with Gasteiger partial charge in [0.05, 0.1) is 11.2 Å². The van der Waals surface area contributed by atoms with Crippen molar-refractivity contribution in [1.82, 2.24) is 4.98 Å². The summed E-state index contributed by atoms with van der Waals surface area (Å²) < 4.78 is 0. The Balaban J connectivity index is 0.00000192. The fraction of sp³-hybridized carbons (Fsp3) is 0. The average Bonchev–Trinajstić information content (AvgIpc) is 2.47. The van der Waals surface area contributed by atoms with Gasteiger partial charge in [-0.05, 0) is 30.3 Å². The first-order chi connectivity index (χ1) is 10.5. The van der Waals surface area contributed by atoms with E-state index in [9.17, 15) is 15.0 Å². The Morgan fingerprint density at radius 3 is 2.65 bits per heavy atom. The number of aromatic nitrogens is 1. The Morgan fingerprint density at radius 2 is 1.96 bits per heavy atom. The number of nitrogens with zero attached hydrogens (tertiary/aromatic N) is 1. The summed E-state index contributed by atoms with van der Waals surface area (Å²) in [5.41, 5.74) is 1.59. The van der Waals surface area contributed by atoms with Gasteiger partial charge in [-0.3, -0.25) is 4.98 Å². The minimum Gasteiger partial charge on any atom is -0.508 e. The lowest BCUT2D eigenvalue weighted by Gasteiger charge is -2.13. The van der Waals surface area contributed by atoms with Crippen molar-refractivity contribution in [2.75, 3.05) is 5.32 Å². The van der Waals surface area contributed by atoms with E-state index in [0.717, 1.165) is 0 Å². The van der Waals surface area contributed by atoms with E-state index in [4.69, 9.17) is 11.6 Å². The average molecular weight is 351 g/mol. The van der Waals surface area contributed by atoms with Gasteiger partial charge in [-0.2, -0.15) is 0 Å². The number of pyridine rings is 1. The van der Waals surface area contributed by atoms with E-state index in [0.29, 0.717) is 27.3 Å². The van der Waals surface area contributed by atoms with E-state index in [1.54, 1.807) is 30.3 Å². The summed E-state index contributed by atoms with van der Waals surface area (Å²) in [5, 5.41) is 23.0. The molecule has 118 valence electrons. The van der Waals surface area contributed by atoms with Crippen molar-refractivity contribution in [3.63, 3.8) is 0 Å². The number of fused-ring (bicyclic) bond motifs is 1. The van der Waals surface area contributed by atoms with Gasteiger partial charge >= 0.3 is 5.97 Å². The van der Waals surface area contributed by atoms with Crippen LogP contribution in [-0.2, 0) is 0 Å². The molecule has 0 radical (unpaired) electrons. The third-order valence-electron chi connectivity index (χ3n) is 3.18. The Kier molecular flexibility index (Phi) is 4.93. The molecule has 0 aliphatic heterocycles. The molecule has 5 nitrogen and oxygen atoms in total. The molecule has 0 amide bonds. The van der Waals surface area contributed by atoms with Gasteiger partial charge in [-0.1, -0.05) is 17.7 Å². The van der Waals surface area contributed by atoms with Gasteiger partial charge < -0.3 is 15.5 Å². The molecule has 0 saturated heterocycles. The smallest absolute Gasteiger partial charge is 0.339 e. The molecule has 0 bridgehead atoms.